The third-order valence-electron chi connectivity index (χ3n) is 4.39. The molecule has 0 radical (unpaired) electrons. The largest absolute Gasteiger partial charge is 0.299 e. The lowest BCUT2D eigenvalue weighted by Crippen LogP contribution is -2.47. The maximum Gasteiger partial charge on any atom is 0.0669 e. The second kappa shape index (κ2) is 8.54. The molecule has 0 amide bonds. The standard InChI is InChI=1S/C18H24N4/c1-16-5-2-3-7-18(16)15-22-11-9-21(10-12-22)14-17(13-20)6-4-8-19/h2-3,5,7,17H,4,6,9-12,14-15H2,1H3/t17-/m0/s1. The van der Waals surface area contributed by atoms with E-state index in [9.17, 15) is 0 Å². The first-order valence-corrected chi connectivity index (χ1v) is 7.98. The molecular formula is C18H24N4. The second-order valence-corrected chi connectivity index (χ2v) is 6.03. The minimum absolute atomic E-state index is 0.0115. The Balaban J connectivity index is 1.77. The molecule has 1 aromatic carbocycles. The molecule has 0 unspecified atom stereocenters. The highest BCUT2D eigenvalue weighted by molar-refractivity contribution is 5.25. The fraction of sp³-hybridized carbons (Fsp3) is 0.556. The molecule has 1 fully saturated rings. The van der Waals surface area contributed by atoms with Crippen molar-refractivity contribution in [3.05, 3.63) is 35.4 Å². The molecule has 0 bridgehead atoms. The van der Waals surface area contributed by atoms with Crippen LogP contribution >= 0.6 is 0 Å². The molecule has 4 nitrogen and oxygen atoms in total. The summed E-state index contributed by atoms with van der Waals surface area (Å²) in [5, 5.41) is 17.8. The molecule has 4 heteroatoms. The van der Waals surface area contributed by atoms with Crippen molar-refractivity contribution in [3.8, 4) is 12.1 Å². The van der Waals surface area contributed by atoms with Crippen LogP contribution in [0.1, 0.15) is 24.0 Å². The van der Waals surface area contributed by atoms with E-state index in [0.29, 0.717) is 12.8 Å². The predicted molar refractivity (Wildman–Crippen MR) is 86.8 cm³/mol. The van der Waals surface area contributed by atoms with Gasteiger partial charge in [0, 0.05) is 45.7 Å². The highest BCUT2D eigenvalue weighted by atomic mass is 15.3. The quantitative estimate of drug-likeness (QED) is 0.809. The molecule has 0 aliphatic carbocycles. The van der Waals surface area contributed by atoms with E-state index in [1.54, 1.807) is 0 Å². The molecule has 22 heavy (non-hydrogen) atoms. The average Bonchev–Trinajstić information content (AvgIpc) is 2.55. The Hall–Kier alpha value is -1.88. The van der Waals surface area contributed by atoms with Crippen molar-refractivity contribution in [1.82, 2.24) is 9.80 Å². The Morgan fingerprint density at radius 2 is 1.77 bits per heavy atom. The predicted octanol–water partition coefficient (Wildman–Crippen LogP) is 2.56. The lowest BCUT2D eigenvalue weighted by atomic mass is 10.0. The van der Waals surface area contributed by atoms with Gasteiger partial charge in [0.2, 0.25) is 0 Å². The van der Waals surface area contributed by atoms with Gasteiger partial charge in [0.25, 0.3) is 0 Å². The molecular weight excluding hydrogens is 272 g/mol. The number of piperazine rings is 1. The molecule has 1 saturated heterocycles. The molecule has 1 heterocycles. The van der Waals surface area contributed by atoms with Gasteiger partial charge in [-0.3, -0.25) is 9.80 Å². The smallest absolute Gasteiger partial charge is 0.0669 e. The number of hydrogen-bond donors (Lipinski definition) is 0. The first kappa shape index (κ1) is 16.5. The summed E-state index contributed by atoms with van der Waals surface area (Å²) in [6, 6.07) is 13.0. The minimum Gasteiger partial charge on any atom is -0.299 e. The van der Waals surface area contributed by atoms with Gasteiger partial charge in [-0.05, 0) is 24.5 Å². The molecule has 0 spiro atoms. The SMILES string of the molecule is Cc1ccccc1CN1CCN(C[C@H](C#N)CCC#N)CC1. The normalized spacial score (nSPS) is 17.6. The van der Waals surface area contributed by atoms with E-state index in [0.717, 1.165) is 39.3 Å². The summed E-state index contributed by atoms with van der Waals surface area (Å²) < 4.78 is 0. The average molecular weight is 296 g/mol. The van der Waals surface area contributed by atoms with Crippen LogP contribution in [0.2, 0.25) is 0 Å². The van der Waals surface area contributed by atoms with Gasteiger partial charge in [-0.15, -0.1) is 0 Å². The van der Waals surface area contributed by atoms with Crippen LogP contribution in [0.5, 0.6) is 0 Å². The molecule has 116 valence electrons. The molecule has 1 aliphatic heterocycles. The maximum absolute atomic E-state index is 9.16. The highest BCUT2D eigenvalue weighted by Gasteiger charge is 2.20. The topological polar surface area (TPSA) is 54.1 Å². The van der Waals surface area contributed by atoms with Crippen molar-refractivity contribution in [2.24, 2.45) is 5.92 Å². The third kappa shape index (κ3) is 4.84. The fourth-order valence-electron chi connectivity index (χ4n) is 2.91. The molecule has 0 saturated carbocycles. The monoisotopic (exact) mass is 296 g/mol. The molecule has 1 aromatic rings. The lowest BCUT2D eigenvalue weighted by molar-refractivity contribution is 0.118. The van der Waals surface area contributed by atoms with E-state index in [4.69, 9.17) is 10.5 Å². The van der Waals surface area contributed by atoms with Gasteiger partial charge in [-0.2, -0.15) is 10.5 Å². The van der Waals surface area contributed by atoms with Gasteiger partial charge in [-0.25, -0.2) is 0 Å². The van der Waals surface area contributed by atoms with E-state index in [1.807, 2.05) is 0 Å². The van der Waals surface area contributed by atoms with Crippen molar-refractivity contribution in [3.63, 3.8) is 0 Å². The Labute approximate surface area is 133 Å². The molecule has 1 aliphatic rings. The van der Waals surface area contributed by atoms with Gasteiger partial charge in [-0.1, -0.05) is 24.3 Å². The first-order valence-electron chi connectivity index (χ1n) is 7.98. The number of nitrogens with zero attached hydrogens (tertiary/aromatic N) is 4. The van der Waals surface area contributed by atoms with Gasteiger partial charge in [0.1, 0.15) is 0 Å². The molecule has 2 rings (SSSR count). The number of benzene rings is 1. The Morgan fingerprint density at radius 3 is 2.41 bits per heavy atom. The van der Waals surface area contributed by atoms with Crippen LogP contribution in [0.3, 0.4) is 0 Å². The molecule has 0 N–H and O–H groups in total. The van der Waals surface area contributed by atoms with Gasteiger partial charge in [0.15, 0.2) is 0 Å². The van der Waals surface area contributed by atoms with E-state index in [1.165, 1.54) is 11.1 Å². The zero-order chi connectivity index (χ0) is 15.8. The van der Waals surface area contributed by atoms with E-state index in [-0.39, 0.29) is 5.92 Å². The first-order chi connectivity index (χ1) is 10.7. The Kier molecular flexibility index (Phi) is 6.40. The summed E-state index contributed by atoms with van der Waals surface area (Å²) in [4.78, 5) is 4.84. The van der Waals surface area contributed by atoms with E-state index < -0.39 is 0 Å². The summed E-state index contributed by atoms with van der Waals surface area (Å²) in [5.74, 6) is -0.0115. The zero-order valence-corrected chi connectivity index (χ0v) is 13.3. The van der Waals surface area contributed by atoms with E-state index >= 15 is 0 Å². The van der Waals surface area contributed by atoms with Crippen LogP contribution in [0.25, 0.3) is 0 Å². The van der Waals surface area contributed by atoms with Crippen molar-refractivity contribution in [1.29, 1.82) is 10.5 Å². The van der Waals surface area contributed by atoms with Crippen LogP contribution in [-0.2, 0) is 6.54 Å². The van der Waals surface area contributed by atoms with Crippen molar-refractivity contribution < 1.29 is 0 Å². The van der Waals surface area contributed by atoms with Crippen LogP contribution in [0, 0.1) is 35.5 Å². The maximum atomic E-state index is 9.16. The number of nitriles is 2. The summed E-state index contributed by atoms with van der Waals surface area (Å²) in [6.07, 6.45) is 1.17. The van der Waals surface area contributed by atoms with Crippen LogP contribution < -0.4 is 0 Å². The van der Waals surface area contributed by atoms with E-state index in [2.05, 4.69) is 53.1 Å². The van der Waals surface area contributed by atoms with Crippen molar-refractivity contribution >= 4 is 0 Å². The summed E-state index contributed by atoms with van der Waals surface area (Å²) >= 11 is 0. The second-order valence-electron chi connectivity index (χ2n) is 6.03. The number of rotatable bonds is 6. The molecule has 0 aromatic heterocycles. The fourth-order valence-corrected chi connectivity index (χ4v) is 2.91. The molecule has 1 atom stereocenters. The van der Waals surface area contributed by atoms with Crippen LogP contribution in [-0.4, -0.2) is 42.5 Å². The summed E-state index contributed by atoms with van der Waals surface area (Å²) in [7, 11) is 0. The third-order valence-corrected chi connectivity index (χ3v) is 4.39. The minimum atomic E-state index is -0.0115. The van der Waals surface area contributed by atoms with Gasteiger partial charge in [0.05, 0.1) is 18.1 Å². The zero-order valence-electron chi connectivity index (χ0n) is 13.3. The van der Waals surface area contributed by atoms with Gasteiger partial charge < -0.3 is 0 Å². The number of hydrogen-bond acceptors (Lipinski definition) is 4. The van der Waals surface area contributed by atoms with Crippen molar-refractivity contribution in [2.75, 3.05) is 32.7 Å². The van der Waals surface area contributed by atoms with Crippen LogP contribution in [0.4, 0.5) is 0 Å². The Bertz CT molecular complexity index is 547. The summed E-state index contributed by atoms with van der Waals surface area (Å²) in [6.45, 7) is 8.09. The lowest BCUT2D eigenvalue weighted by Gasteiger charge is -2.35. The van der Waals surface area contributed by atoms with Gasteiger partial charge >= 0.3 is 0 Å². The number of aryl methyl sites for hydroxylation is 1. The highest BCUT2D eigenvalue weighted by Crippen LogP contribution is 2.14. The Morgan fingerprint density at radius 1 is 1.09 bits per heavy atom. The van der Waals surface area contributed by atoms with Crippen molar-refractivity contribution in [2.45, 2.75) is 26.3 Å². The van der Waals surface area contributed by atoms with Crippen LogP contribution in [0.15, 0.2) is 24.3 Å². The summed E-state index contributed by atoms with van der Waals surface area (Å²) in [5.41, 5.74) is 2.76.